The second kappa shape index (κ2) is 7.17. The van der Waals surface area contributed by atoms with Crippen molar-refractivity contribution in [2.75, 3.05) is 25.4 Å². The van der Waals surface area contributed by atoms with E-state index in [2.05, 4.69) is 0 Å². The number of halogens is 1. The summed E-state index contributed by atoms with van der Waals surface area (Å²) in [5, 5.41) is 0.739. The summed E-state index contributed by atoms with van der Waals surface area (Å²) in [6.07, 6.45) is 0.724. The van der Waals surface area contributed by atoms with Crippen LogP contribution >= 0.6 is 23.4 Å². The van der Waals surface area contributed by atoms with E-state index < -0.39 is 0 Å². The van der Waals surface area contributed by atoms with E-state index in [0.717, 1.165) is 22.2 Å². The zero-order valence-corrected chi connectivity index (χ0v) is 12.5. The number of nitrogens with zero attached hydrogens (tertiary/aromatic N) is 1. The third-order valence-electron chi connectivity index (χ3n) is 2.99. The maximum absolute atomic E-state index is 12.0. The average molecular weight is 300 g/mol. The third-order valence-corrected chi connectivity index (χ3v) is 4.26. The quantitative estimate of drug-likeness (QED) is 0.800. The van der Waals surface area contributed by atoms with Crippen LogP contribution in [0.25, 0.3) is 0 Å². The van der Waals surface area contributed by atoms with E-state index in [4.69, 9.17) is 16.3 Å². The van der Waals surface area contributed by atoms with E-state index in [1.165, 1.54) is 0 Å². The van der Waals surface area contributed by atoms with Crippen LogP contribution in [0.4, 0.5) is 0 Å². The van der Waals surface area contributed by atoms with Gasteiger partial charge < -0.3 is 9.64 Å². The van der Waals surface area contributed by atoms with Gasteiger partial charge in [-0.2, -0.15) is 0 Å². The van der Waals surface area contributed by atoms with Crippen molar-refractivity contribution in [1.82, 2.24) is 4.90 Å². The number of carbonyl (C=O) groups excluding carboxylic acids is 1. The lowest BCUT2D eigenvalue weighted by Crippen LogP contribution is -2.44. The number of hydrogen-bond acceptors (Lipinski definition) is 3. The summed E-state index contributed by atoms with van der Waals surface area (Å²) in [5.74, 6) is 1.02. The Bertz CT molecular complexity index is 424. The molecule has 19 heavy (non-hydrogen) atoms. The molecule has 0 radical (unpaired) electrons. The van der Waals surface area contributed by atoms with Crippen molar-refractivity contribution >= 4 is 29.3 Å². The molecule has 0 saturated carbocycles. The molecule has 1 heterocycles. The first-order valence-electron chi connectivity index (χ1n) is 6.43. The molecule has 1 amide bonds. The van der Waals surface area contributed by atoms with Gasteiger partial charge in [0.25, 0.3) is 0 Å². The normalized spacial score (nSPS) is 19.5. The Labute approximate surface area is 123 Å². The molecule has 0 spiro atoms. The summed E-state index contributed by atoms with van der Waals surface area (Å²) in [5.41, 5.74) is 0. The molecule has 1 aromatic rings. The van der Waals surface area contributed by atoms with E-state index in [-0.39, 0.29) is 12.0 Å². The minimum Gasteiger partial charge on any atom is -0.375 e. The molecule has 1 aliphatic rings. The molecular weight excluding hydrogens is 282 g/mol. The predicted molar refractivity (Wildman–Crippen MR) is 78.8 cm³/mol. The fourth-order valence-corrected chi connectivity index (χ4v) is 2.96. The summed E-state index contributed by atoms with van der Waals surface area (Å²) < 4.78 is 5.43. The standard InChI is InChI=1S/C14H18ClNO2S/c1-11-10-16(7-8-18-11)14(17)6-9-19-13-4-2-12(15)3-5-13/h2-5,11H,6-10H2,1H3. The van der Waals surface area contributed by atoms with E-state index in [0.29, 0.717) is 19.6 Å². The molecule has 0 N–H and O–H groups in total. The van der Waals surface area contributed by atoms with Crippen molar-refractivity contribution in [3.63, 3.8) is 0 Å². The fraction of sp³-hybridized carbons (Fsp3) is 0.500. The first-order chi connectivity index (χ1) is 9.15. The molecule has 1 aromatic carbocycles. The van der Waals surface area contributed by atoms with Crippen molar-refractivity contribution in [2.24, 2.45) is 0 Å². The molecule has 0 bridgehead atoms. The number of amides is 1. The lowest BCUT2D eigenvalue weighted by atomic mass is 10.3. The van der Waals surface area contributed by atoms with E-state index >= 15 is 0 Å². The maximum Gasteiger partial charge on any atom is 0.223 e. The van der Waals surface area contributed by atoms with Gasteiger partial charge in [0.05, 0.1) is 12.7 Å². The molecule has 3 nitrogen and oxygen atoms in total. The number of ether oxygens (including phenoxy) is 1. The molecular formula is C14H18ClNO2S. The SMILES string of the molecule is CC1CN(C(=O)CCSc2ccc(Cl)cc2)CCO1. The summed E-state index contributed by atoms with van der Waals surface area (Å²) in [7, 11) is 0. The third kappa shape index (κ3) is 4.71. The Morgan fingerprint density at radius 1 is 1.47 bits per heavy atom. The average Bonchev–Trinajstić information content (AvgIpc) is 2.41. The van der Waals surface area contributed by atoms with Crippen molar-refractivity contribution in [1.29, 1.82) is 0 Å². The van der Waals surface area contributed by atoms with Gasteiger partial charge in [0.2, 0.25) is 5.91 Å². The van der Waals surface area contributed by atoms with Crippen LogP contribution in [-0.4, -0.2) is 42.4 Å². The number of hydrogen-bond donors (Lipinski definition) is 0. The predicted octanol–water partition coefficient (Wildman–Crippen LogP) is 3.07. The van der Waals surface area contributed by atoms with Crippen LogP contribution in [0.2, 0.25) is 5.02 Å². The summed E-state index contributed by atoms with van der Waals surface area (Å²) >= 11 is 7.51. The summed E-state index contributed by atoms with van der Waals surface area (Å²) in [6, 6.07) is 7.70. The van der Waals surface area contributed by atoms with Crippen molar-refractivity contribution in [3.05, 3.63) is 29.3 Å². The van der Waals surface area contributed by atoms with Crippen LogP contribution < -0.4 is 0 Å². The smallest absolute Gasteiger partial charge is 0.223 e. The molecule has 1 saturated heterocycles. The highest BCUT2D eigenvalue weighted by Gasteiger charge is 2.20. The molecule has 1 unspecified atom stereocenters. The van der Waals surface area contributed by atoms with Crippen molar-refractivity contribution in [2.45, 2.75) is 24.3 Å². The monoisotopic (exact) mass is 299 g/mol. The molecule has 2 rings (SSSR count). The molecule has 0 aromatic heterocycles. The van der Waals surface area contributed by atoms with Gasteiger partial charge in [0.1, 0.15) is 0 Å². The maximum atomic E-state index is 12.0. The molecule has 0 aliphatic carbocycles. The van der Waals surface area contributed by atoms with Gasteiger partial charge in [-0.3, -0.25) is 4.79 Å². The van der Waals surface area contributed by atoms with Crippen LogP contribution in [0.15, 0.2) is 29.2 Å². The Hall–Kier alpha value is -0.710. The number of rotatable bonds is 4. The second-order valence-corrected chi connectivity index (χ2v) is 6.18. The minimum atomic E-state index is 0.154. The zero-order chi connectivity index (χ0) is 13.7. The highest BCUT2D eigenvalue weighted by atomic mass is 35.5. The molecule has 1 fully saturated rings. The van der Waals surface area contributed by atoms with Crippen LogP contribution in [0.3, 0.4) is 0 Å². The first kappa shape index (κ1) is 14.7. The van der Waals surface area contributed by atoms with Crippen molar-refractivity contribution < 1.29 is 9.53 Å². The van der Waals surface area contributed by atoms with E-state index in [9.17, 15) is 4.79 Å². The van der Waals surface area contributed by atoms with Crippen LogP contribution in [0.5, 0.6) is 0 Å². The van der Waals surface area contributed by atoms with Gasteiger partial charge in [-0.1, -0.05) is 11.6 Å². The Kier molecular flexibility index (Phi) is 5.55. The molecule has 104 valence electrons. The number of benzene rings is 1. The summed E-state index contributed by atoms with van der Waals surface area (Å²) in [6.45, 7) is 4.08. The van der Waals surface area contributed by atoms with E-state index in [1.54, 1.807) is 11.8 Å². The number of morpholine rings is 1. The van der Waals surface area contributed by atoms with Crippen LogP contribution in [0, 0.1) is 0 Å². The molecule has 5 heteroatoms. The minimum absolute atomic E-state index is 0.154. The lowest BCUT2D eigenvalue weighted by molar-refractivity contribution is -0.137. The lowest BCUT2D eigenvalue weighted by Gasteiger charge is -2.31. The second-order valence-electron chi connectivity index (χ2n) is 4.57. The fourth-order valence-electron chi connectivity index (χ4n) is 1.99. The molecule has 1 atom stereocenters. The van der Waals surface area contributed by atoms with Crippen molar-refractivity contribution in [3.8, 4) is 0 Å². The highest BCUT2D eigenvalue weighted by Crippen LogP contribution is 2.21. The Balaban J connectivity index is 1.73. The highest BCUT2D eigenvalue weighted by molar-refractivity contribution is 7.99. The Morgan fingerprint density at radius 3 is 2.89 bits per heavy atom. The van der Waals surface area contributed by atoms with Gasteiger partial charge in [0, 0.05) is 35.2 Å². The topological polar surface area (TPSA) is 29.5 Å². The number of carbonyl (C=O) groups is 1. The summed E-state index contributed by atoms with van der Waals surface area (Å²) in [4.78, 5) is 15.1. The van der Waals surface area contributed by atoms with Crippen LogP contribution in [0.1, 0.15) is 13.3 Å². The zero-order valence-electron chi connectivity index (χ0n) is 11.0. The van der Waals surface area contributed by atoms with E-state index in [1.807, 2.05) is 36.1 Å². The first-order valence-corrected chi connectivity index (χ1v) is 7.79. The largest absolute Gasteiger partial charge is 0.375 e. The van der Waals surface area contributed by atoms with Gasteiger partial charge in [0.15, 0.2) is 0 Å². The van der Waals surface area contributed by atoms with Gasteiger partial charge in [-0.05, 0) is 31.2 Å². The van der Waals surface area contributed by atoms with Gasteiger partial charge in [-0.15, -0.1) is 11.8 Å². The molecule has 1 aliphatic heterocycles. The number of thioether (sulfide) groups is 1. The van der Waals surface area contributed by atoms with Gasteiger partial charge in [-0.25, -0.2) is 0 Å². The van der Waals surface area contributed by atoms with Gasteiger partial charge >= 0.3 is 0 Å². The van der Waals surface area contributed by atoms with Crippen LogP contribution in [-0.2, 0) is 9.53 Å². The Morgan fingerprint density at radius 2 is 2.21 bits per heavy atom.